The average molecular weight is 282 g/mol. The summed E-state index contributed by atoms with van der Waals surface area (Å²) >= 11 is 0. The van der Waals surface area contributed by atoms with Gasteiger partial charge in [-0.15, -0.1) is 6.58 Å². The van der Waals surface area contributed by atoms with Gasteiger partial charge in [0, 0.05) is 6.42 Å². The largest absolute Gasteiger partial charge is 0.508 e. The first kappa shape index (κ1) is 16.1. The van der Waals surface area contributed by atoms with Gasteiger partial charge < -0.3 is 20.1 Å². The molecule has 1 aliphatic rings. The molecule has 1 rings (SSSR count). The Kier molecular flexibility index (Phi) is 6.70. The second-order valence-electron chi connectivity index (χ2n) is 4.82. The van der Waals surface area contributed by atoms with E-state index in [2.05, 4.69) is 6.58 Å². The molecular weight excluding hydrogens is 260 g/mol. The van der Waals surface area contributed by atoms with Crippen molar-refractivity contribution in [3.05, 3.63) is 36.0 Å². The zero-order chi connectivity index (χ0) is 15.0. The highest BCUT2D eigenvalue weighted by Gasteiger charge is 2.27. The summed E-state index contributed by atoms with van der Waals surface area (Å²) in [6.45, 7) is 3.98. The molecule has 0 saturated heterocycles. The number of hydrogen-bond acceptors (Lipinski definition) is 5. The van der Waals surface area contributed by atoms with Crippen LogP contribution in [0.15, 0.2) is 36.0 Å². The molecule has 3 N–H and O–H groups in total. The smallest absolute Gasteiger partial charge is 0.313 e. The number of esters is 1. The Balaban J connectivity index is 2.23. The molecular formula is C15H22O5. The van der Waals surface area contributed by atoms with Crippen molar-refractivity contribution < 1.29 is 24.9 Å². The molecule has 1 unspecified atom stereocenters. The molecule has 0 bridgehead atoms. The zero-order valence-corrected chi connectivity index (χ0v) is 11.5. The number of hydrogen-bond donors (Lipinski definition) is 3. The van der Waals surface area contributed by atoms with Crippen LogP contribution in [0.5, 0.6) is 0 Å². The van der Waals surface area contributed by atoms with Gasteiger partial charge in [0.1, 0.15) is 5.76 Å². The van der Waals surface area contributed by atoms with Crippen LogP contribution < -0.4 is 0 Å². The molecule has 0 amide bonds. The van der Waals surface area contributed by atoms with E-state index in [4.69, 9.17) is 4.74 Å². The molecule has 0 heterocycles. The predicted octanol–water partition coefficient (Wildman–Crippen LogP) is 3.46. The first-order valence-corrected chi connectivity index (χ1v) is 6.86. The summed E-state index contributed by atoms with van der Waals surface area (Å²) < 4.78 is 5.09. The van der Waals surface area contributed by atoms with E-state index in [9.17, 15) is 20.1 Å². The number of aliphatic hydroxyl groups is 3. The van der Waals surface area contributed by atoms with Crippen molar-refractivity contribution in [3.63, 3.8) is 0 Å². The maximum absolute atomic E-state index is 11.7. The lowest BCUT2D eigenvalue weighted by molar-refractivity contribution is -0.147. The van der Waals surface area contributed by atoms with Crippen LogP contribution in [0.2, 0.25) is 0 Å². The molecule has 0 spiro atoms. The number of allylic oxidation sites excluding steroid dienone is 2. The number of carbonyl (C=O) groups excluding carboxylic acids is 1. The lowest BCUT2D eigenvalue weighted by atomic mass is 9.97. The fraction of sp³-hybridized carbons (Fsp3) is 0.533. The van der Waals surface area contributed by atoms with Crippen LogP contribution in [0, 0.1) is 5.92 Å². The summed E-state index contributed by atoms with van der Waals surface area (Å²) in [6.07, 6.45) is 7.98. The van der Waals surface area contributed by atoms with Gasteiger partial charge in [0.15, 0.2) is 11.5 Å². The summed E-state index contributed by atoms with van der Waals surface area (Å²) in [6, 6.07) is 0. The summed E-state index contributed by atoms with van der Waals surface area (Å²) in [5.41, 5.74) is 0. The van der Waals surface area contributed by atoms with Crippen LogP contribution in [0.4, 0.5) is 0 Å². The zero-order valence-electron chi connectivity index (χ0n) is 11.5. The molecule has 0 radical (unpaired) electrons. The summed E-state index contributed by atoms with van der Waals surface area (Å²) in [5, 5.41) is 27.9. The average Bonchev–Trinajstić information content (AvgIpc) is 2.43. The van der Waals surface area contributed by atoms with E-state index in [1.54, 1.807) is 0 Å². The Labute approximate surface area is 118 Å². The summed E-state index contributed by atoms with van der Waals surface area (Å²) in [7, 11) is 0. The Bertz CT molecular complexity index is 408. The Morgan fingerprint density at radius 1 is 1.30 bits per heavy atom. The van der Waals surface area contributed by atoms with E-state index in [0.29, 0.717) is 6.61 Å². The predicted molar refractivity (Wildman–Crippen MR) is 75.3 cm³/mol. The molecule has 0 aliphatic heterocycles. The van der Waals surface area contributed by atoms with Crippen LogP contribution in [-0.2, 0) is 9.53 Å². The van der Waals surface area contributed by atoms with Crippen molar-refractivity contribution >= 4 is 5.97 Å². The van der Waals surface area contributed by atoms with E-state index < -0.39 is 29.2 Å². The third-order valence-electron chi connectivity index (χ3n) is 3.14. The van der Waals surface area contributed by atoms with Gasteiger partial charge >= 0.3 is 5.97 Å². The molecule has 5 nitrogen and oxygen atoms in total. The van der Waals surface area contributed by atoms with Gasteiger partial charge in [0.2, 0.25) is 0 Å². The summed E-state index contributed by atoms with van der Waals surface area (Å²) in [5.74, 6) is -2.69. The van der Waals surface area contributed by atoms with E-state index in [0.717, 1.165) is 32.1 Å². The normalized spacial score (nSPS) is 18.6. The maximum atomic E-state index is 11.7. The fourth-order valence-corrected chi connectivity index (χ4v) is 1.96. The number of aliphatic hydroxyl groups excluding tert-OH is 3. The number of carbonyl (C=O) groups is 1. The van der Waals surface area contributed by atoms with Crippen molar-refractivity contribution in [1.82, 2.24) is 0 Å². The topological polar surface area (TPSA) is 87.0 Å². The molecule has 0 aromatic carbocycles. The number of unbranched alkanes of at least 4 members (excludes halogenated alkanes) is 4. The van der Waals surface area contributed by atoms with E-state index >= 15 is 0 Å². The third kappa shape index (κ3) is 4.99. The quantitative estimate of drug-likeness (QED) is 0.360. The molecule has 1 aliphatic carbocycles. The Morgan fingerprint density at radius 2 is 2.00 bits per heavy atom. The van der Waals surface area contributed by atoms with E-state index in [1.807, 2.05) is 6.08 Å². The van der Waals surface area contributed by atoms with E-state index in [-0.39, 0.29) is 6.42 Å². The lowest BCUT2D eigenvalue weighted by Gasteiger charge is -2.17. The second-order valence-corrected chi connectivity index (χ2v) is 4.82. The summed E-state index contributed by atoms with van der Waals surface area (Å²) in [4.78, 5) is 11.7. The minimum absolute atomic E-state index is 0.0476. The van der Waals surface area contributed by atoms with Gasteiger partial charge in [-0.25, -0.2) is 0 Å². The molecule has 20 heavy (non-hydrogen) atoms. The van der Waals surface area contributed by atoms with Crippen molar-refractivity contribution in [2.45, 2.75) is 38.5 Å². The second kappa shape index (κ2) is 8.30. The number of ether oxygens (including phenoxy) is 1. The highest BCUT2D eigenvalue weighted by Crippen LogP contribution is 2.25. The molecule has 112 valence electrons. The number of rotatable bonds is 8. The minimum Gasteiger partial charge on any atom is -0.508 e. The van der Waals surface area contributed by atoms with Crippen molar-refractivity contribution in [1.29, 1.82) is 0 Å². The van der Waals surface area contributed by atoms with Gasteiger partial charge in [0.25, 0.3) is 0 Å². The molecule has 1 atom stereocenters. The first-order chi connectivity index (χ1) is 9.56. The molecule has 0 saturated carbocycles. The van der Waals surface area contributed by atoms with Crippen LogP contribution >= 0.6 is 0 Å². The van der Waals surface area contributed by atoms with Crippen LogP contribution in [0.1, 0.15) is 38.5 Å². The molecule has 0 fully saturated rings. The lowest BCUT2D eigenvalue weighted by Crippen LogP contribution is -2.21. The monoisotopic (exact) mass is 282 g/mol. The van der Waals surface area contributed by atoms with E-state index in [1.165, 1.54) is 6.08 Å². The maximum Gasteiger partial charge on any atom is 0.313 e. The van der Waals surface area contributed by atoms with Gasteiger partial charge in [-0.3, -0.25) is 4.79 Å². The van der Waals surface area contributed by atoms with Crippen LogP contribution in [0.3, 0.4) is 0 Å². The van der Waals surface area contributed by atoms with Crippen molar-refractivity contribution in [3.8, 4) is 0 Å². The molecule has 5 heteroatoms. The first-order valence-electron chi connectivity index (χ1n) is 6.86. The highest BCUT2D eigenvalue weighted by molar-refractivity contribution is 5.75. The van der Waals surface area contributed by atoms with Gasteiger partial charge in [-0.2, -0.15) is 0 Å². The van der Waals surface area contributed by atoms with Crippen molar-refractivity contribution in [2.24, 2.45) is 5.92 Å². The van der Waals surface area contributed by atoms with Gasteiger partial charge in [-0.05, 0) is 25.3 Å². The minimum atomic E-state index is -0.744. The third-order valence-corrected chi connectivity index (χ3v) is 3.14. The Hall–Kier alpha value is -1.91. The van der Waals surface area contributed by atoms with Crippen LogP contribution in [-0.4, -0.2) is 27.9 Å². The Morgan fingerprint density at radius 3 is 2.65 bits per heavy atom. The highest BCUT2D eigenvalue weighted by atomic mass is 16.5. The molecule has 0 aromatic heterocycles. The van der Waals surface area contributed by atoms with Gasteiger partial charge in [-0.1, -0.05) is 18.9 Å². The van der Waals surface area contributed by atoms with Crippen molar-refractivity contribution in [2.75, 3.05) is 6.61 Å². The fourth-order valence-electron chi connectivity index (χ4n) is 1.96. The molecule has 0 aromatic rings. The van der Waals surface area contributed by atoms with Crippen LogP contribution in [0.25, 0.3) is 0 Å². The SMILES string of the molecule is C=CCCCCCCOC(=O)C1C=C(O)C(O)=C(O)C1. The van der Waals surface area contributed by atoms with Gasteiger partial charge in [0.05, 0.1) is 12.5 Å². The standard InChI is InChI=1S/C15H22O5/c1-2-3-4-5-6-7-8-20-15(19)11-9-12(16)14(18)13(17)10-11/h2,9,11,16-18H,1,3-8,10H2.